The monoisotopic (exact) mass is 390 g/mol. The number of pyridine rings is 1. The largest absolute Gasteiger partial charge is 0.297 e. The zero-order valence-corrected chi connectivity index (χ0v) is 17.6. The van der Waals surface area contributed by atoms with E-state index in [0.29, 0.717) is 5.92 Å². The molecule has 0 atom stereocenters. The number of nitrogens with zero attached hydrogens (tertiary/aromatic N) is 4. The van der Waals surface area contributed by atoms with Crippen LogP contribution in [0.25, 0.3) is 5.65 Å². The Morgan fingerprint density at radius 1 is 0.931 bits per heavy atom. The molecule has 5 nitrogen and oxygen atoms in total. The Kier molecular flexibility index (Phi) is 5.79. The van der Waals surface area contributed by atoms with Crippen LogP contribution in [-0.4, -0.2) is 45.4 Å². The molecule has 4 rings (SSSR count). The van der Waals surface area contributed by atoms with Crippen molar-refractivity contribution in [1.29, 1.82) is 0 Å². The van der Waals surface area contributed by atoms with Gasteiger partial charge in [-0.05, 0) is 35.6 Å². The lowest BCUT2D eigenvalue weighted by molar-refractivity contribution is 0.121. The lowest BCUT2D eigenvalue weighted by Crippen LogP contribution is -2.45. The van der Waals surface area contributed by atoms with Gasteiger partial charge in [-0.1, -0.05) is 44.2 Å². The second-order valence-corrected chi connectivity index (χ2v) is 8.47. The topological polar surface area (TPSA) is 40.9 Å². The molecule has 1 saturated heterocycles. The van der Waals surface area contributed by atoms with Crippen LogP contribution in [0, 0.1) is 6.92 Å². The first kappa shape index (κ1) is 19.8. The van der Waals surface area contributed by atoms with Gasteiger partial charge in [0.25, 0.3) is 5.56 Å². The van der Waals surface area contributed by atoms with Crippen molar-refractivity contribution in [1.82, 2.24) is 19.2 Å². The molecule has 1 aromatic carbocycles. The van der Waals surface area contributed by atoms with E-state index in [2.05, 4.69) is 52.9 Å². The maximum Gasteiger partial charge on any atom is 0.258 e. The zero-order chi connectivity index (χ0) is 20.4. The van der Waals surface area contributed by atoms with Crippen LogP contribution in [-0.2, 0) is 13.1 Å². The molecule has 1 aliphatic rings. The molecule has 29 heavy (non-hydrogen) atoms. The number of rotatable bonds is 5. The number of aryl methyl sites for hydroxylation is 1. The van der Waals surface area contributed by atoms with Gasteiger partial charge in [-0.2, -0.15) is 0 Å². The van der Waals surface area contributed by atoms with Crippen molar-refractivity contribution in [3.05, 3.63) is 81.4 Å². The first-order valence-corrected chi connectivity index (χ1v) is 10.5. The molecule has 0 aliphatic carbocycles. The molecule has 0 unspecified atom stereocenters. The fourth-order valence-corrected chi connectivity index (χ4v) is 3.94. The molecule has 0 saturated carbocycles. The van der Waals surface area contributed by atoms with Crippen LogP contribution >= 0.6 is 0 Å². The van der Waals surface area contributed by atoms with Gasteiger partial charge in [-0.15, -0.1) is 0 Å². The fourth-order valence-electron chi connectivity index (χ4n) is 3.94. The summed E-state index contributed by atoms with van der Waals surface area (Å²) in [5.74, 6) is 0.577. The summed E-state index contributed by atoms with van der Waals surface area (Å²) >= 11 is 0. The highest BCUT2D eigenvalue weighted by Gasteiger charge is 2.18. The van der Waals surface area contributed by atoms with E-state index in [4.69, 9.17) is 0 Å². The molecular weight excluding hydrogens is 360 g/mol. The third-order valence-electron chi connectivity index (χ3n) is 5.76. The summed E-state index contributed by atoms with van der Waals surface area (Å²) in [5.41, 5.74) is 5.41. The second-order valence-electron chi connectivity index (χ2n) is 8.47. The van der Waals surface area contributed by atoms with E-state index in [9.17, 15) is 4.79 Å². The lowest BCUT2D eigenvalue weighted by Gasteiger charge is -2.34. The Morgan fingerprint density at radius 2 is 1.59 bits per heavy atom. The molecule has 0 radical (unpaired) electrons. The molecule has 0 bridgehead atoms. The Balaban J connectivity index is 1.34. The number of aromatic nitrogens is 2. The summed E-state index contributed by atoms with van der Waals surface area (Å²) in [7, 11) is 0. The van der Waals surface area contributed by atoms with Gasteiger partial charge in [0.2, 0.25) is 0 Å². The van der Waals surface area contributed by atoms with Gasteiger partial charge >= 0.3 is 0 Å². The third-order valence-corrected chi connectivity index (χ3v) is 5.76. The summed E-state index contributed by atoms with van der Waals surface area (Å²) in [6.45, 7) is 12.3. The second kappa shape index (κ2) is 8.47. The molecule has 0 amide bonds. The van der Waals surface area contributed by atoms with E-state index >= 15 is 0 Å². The van der Waals surface area contributed by atoms with Gasteiger partial charge in [-0.25, -0.2) is 4.98 Å². The Labute approximate surface area is 172 Å². The minimum absolute atomic E-state index is 0.00261. The molecule has 5 heteroatoms. The SMILES string of the molecule is Cc1ccc2nc(CN3CCN(Cc4ccc(C(C)C)cc4)CC3)cc(=O)n2c1. The summed E-state index contributed by atoms with van der Waals surface area (Å²) < 4.78 is 1.63. The Morgan fingerprint density at radius 3 is 2.24 bits per heavy atom. The van der Waals surface area contributed by atoms with Gasteiger partial charge in [0.05, 0.1) is 5.69 Å². The number of benzene rings is 1. The smallest absolute Gasteiger partial charge is 0.258 e. The maximum absolute atomic E-state index is 12.4. The predicted molar refractivity (Wildman–Crippen MR) is 117 cm³/mol. The van der Waals surface area contributed by atoms with Crippen LogP contribution < -0.4 is 5.56 Å². The fraction of sp³-hybridized carbons (Fsp3) is 0.417. The van der Waals surface area contributed by atoms with Crippen molar-refractivity contribution in [2.75, 3.05) is 26.2 Å². The third kappa shape index (κ3) is 4.74. The summed E-state index contributed by atoms with van der Waals surface area (Å²) in [6, 6.07) is 14.6. The molecule has 3 heterocycles. The minimum atomic E-state index is -0.00261. The van der Waals surface area contributed by atoms with Crippen molar-refractivity contribution >= 4 is 5.65 Å². The van der Waals surface area contributed by atoms with Crippen LogP contribution in [0.3, 0.4) is 0 Å². The average Bonchev–Trinajstić information content (AvgIpc) is 2.70. The van der Waals surface area contributed by atoms with Crippen LogP contribution in [0.5, 0.6) is 0 Å². The van der Waals surface area contributed by atoms with Gasteiger partial charge in [0.15, 0.2) is 0 Å². The highest BCUT2D eigenvalue weighted by atomic mass is 16.1. The highest BCUT2D eigenvalue weighted by molar-refractivity contribution is 5.39. The van der Waals surface area contributed by atoms with Crippen molar-refractivity contribution in [3.63, 3.8) is 0 Å². The Bertz CT molecular complexity index is 1030. The standard InChI is InChI=1S/C24H30N4O/c1-18(2)21-7-5-20(6-8-21)16-26-10-12-27(13-11-26)17-22-14-24(29)28-15-19(3)4-9-23(28)25-22/h4-9,14-15,18H,10-13,16-17H2,1-3H3. The van der Waals surface area contributed by atoms with E-state index in [1.807, 2.05) is 25.3 Å². The molecule has 3 aromatic rings. The van der Waals surface area contributed by atoms with Crippen molar-refractivity contribution < 1.29 is 0 Å². The maximum atomic E-state index is 12.4. The van der Waals surface area contributed by atoms with E-state index < -0.39 is 0 Å². The molecule has 1 aliphatic heterocycles. The van der Waals surface area contributed by atoms with Gasteiger partial charge in [0, 0.05) is 51.5 Å². The first-order chi connectivity index (χ1) is 14.0. The molecule has 0 spiro atoms. The average molecular weight is 391 g/mol. The normalized spacial score (nSPS) is 16.0. The molecule has 2 aromatic heterocycles. The first-order valence-electron chi connectivity index (χ1n) is 10.5. The van der Waals surface area contributed by atoms with Crippen LogP contribution in [0.15, 0.2) is 53.5 Å². The van der Waals surface area contributed by atoms with Crippen LogP contribution in [0.1, 0.15) is 42.1 Å². The van der Waals surface area contributed by atoms with Gasteiger partial charge < -0.3 is 0 Å². The van der Waals surface area contributed by atoms with E-state index in [0.717, 1.165) is 56.2 Å². The van der Waals surface area contributed by atoms with Crippen LogP contribution in [0.2, 0.25) is 0 Å². The van der Waals surface area contributed by atoms with Crippen molar-refractivity contribution in [2.45, 2.75) is 39.8 Å². The number of hydrogen-bond donors (Lipinski definition) is 0. The van der Waals surface area contributed by atoms with Gasteiger partial charge in [-0.3, -0.25) is 19.0 Å². The zero-order valence-electron chi connectivity index (χ0n) is 17.6. The van der Waals surface area contributed by atoms with Crippen molar-refractivity contribution in [3.8, 4) is 0 Å². The number of hydrogen-bond acceptors (Lipinski definition) is 4. The number of piperazine rings is 1. The molecular formula is C24H30N4O. The summed E-state index contributed by atoms with van der Waals surface area (Å²) in [5, 5.41) is 0. The van der Waals surface area contributed by atoms with E-state index in [1.54, 1.807) is 10.5 Å². The predicted octanol–water partition coefficient (Wildman–Crippen LogP) is 3.44. The van der Waals surface area contributed by atoms with E-state index in [-0.39, 0.29) is 5.56 Å². The molecule has 152 valence electrons. The highest BCUT2D eigenvalue weighted by Crippen LogP contribution is 2.16. The molecule has 0 N–H and O–H groups in total. The lowest BCUT2D eigenvalue weighted by atomic mass is 10.0. The quantitative estimate of drug-likeness (QED) is 0.669. The van der Waals surface area contributed by atoms with Crippen molar-refractivity contribution in [2.24, 2.45) is 0 Å². The van der Waals surface area contributed by atoms with Gasteiger partial charge in [0.1, 0.15) is 5.65 Å². The Hall–Kier alpha value is -2.50. The minimum Gasteiger partial charge on any atom is -0.297 e. The molecule has 1 fully saturated rings. The van der Waals surface area contributed by atoms with E-state index in [1.165, 1.54) is 11.1 Å². The number of fused-ring (bicyclic) bond motifs is 1. The summed E-state index contributed by atoms with van der Waals surface area (Å²) in [6.07, 6.45) is 1.85. The summed E-state index contributed by atoms with van der Waals surface area (Å²) in [4.78, 5) is 22.0. The van der Waals surface area contributed by atoms with Crippen LogP contribution in [0.4, 0.5) is 0 Å².